The van der Waals surface area contributed by atoms with Crippen LogP contribution in [0.2, 0.25) is 0 Å². The highest BCUT2D eigenvalue weighted by Crippen LogP contribution is 2.33. The molecule has 2 heterocycles. The monoisotopic (exact) mass is 297 g/mol. The van der Waals surface area contributed by atoms with Crippen LogP contribution in [0.25, 0.3) is 10.9 Å². The molecule has 1 aromatic heterocycles. The van der Waals surface area contributed by atoms with E-state index in [-0.39, 0.29) is 5.91 Å². The summed E-state index contributed by atoms with van der Waals surface area (Å²) in [5, 5.41) is 0.916. The highest BCUT2D eigenvalue weighted by molar-refractivity contribution is 6.09. The fourth-order valence-electron chi connectivity index (χ4n) is 3.20. The smallest absolute Gasteiger partial charge is 0.258 e. The van der Waals surface area contributed by atoms with Crippen molar-refractivity contribution in [2.24, 2.45) is 0 Å². The number of aryl methyl sites for hydroxylation is 1. The zero-order chi connectivity index (χ0) is 15.7. The molecule has 0 saturated heterocycles. The van der Waals surface area contributed by atoms with Crippen molar-refractivity contribution in [2.45, 2.75) is 46.1 Å². The lowest BCUT2D eigenvalue weighted by Gasteiger charge is -2.13. The van der Waals surface area contributed by atoms with E-state index >= 15 is 0 Å². The number of fused-ring (bicyclic) bond motifs is 2. The molecule has 1 amide bonds. The normalized spacial score (nSPS) is 13.9. The summed E-state index contributed by atoms with van der Waals surface area (Å²) in [6.07, 6.45) is 4.24. The van der Waals surface area contributed by atoms with E-state index in [4.69, 9.17) is 10.7 Å². The molecule has 0 saturated carbocycles. The predicted octanol–water partition coefficient (Wildman–Crippen LogP) is 3.53. The number of unbranched alkanes of at least 4 members (excludes halogenated alkanes) is 1. The van der Waals surface area contributed by atoms with Gasteiger partial charge in [0.2, 0.25) is 0 Å². The Labute approximate surface area is 131 Å². The van der Waals surface area contributed by atoms with Gasteiger partial charge in [-0.1, -0.05) is 38.5 Å². The van der Waals surface area contributed by atoms with Crippen LogP contribution in [-0.2, 0) is 13.0 Å². The fourth-order valence-corrected chi connectivity index (χ4v) is 3.20. The third kappa shape index (κ3) is 2.32. The van der Waals surface area contributed by atoms with Crippen LogP contribution in [0.4, 0.5) is 5.69 Å². The van der Waals surface area contributed by atoms with E-state index < -0.39 is 0 Å². The lowest BCUT2D eigenvalue weighted by Crippen LogP contribution is -2.24. The largest absolute Gasteiger partial charge is 0.397 e. The summed E-state index contributed by atoms with van der Waals surface area (Å²) in [6, 6.07) is 6.11. The molecular formula is C18H23N3O. The van der Waals surface area contributed by atoms with E-state index in [1.165, 1.54) is 5.56 Å². The molecule has 0 bridgehead atoms. The fraction of sp³-hybridized carbons (Fsp3) is 0.444. The number of anilines is 1. The highest BCUT2D eigenvalue weighted by Gasteiger charge is 2.31. The van der Waals surface area contributed by atoms with Crippen molar-refractivity contribution in [3.8, 4) is 0 Å². The number of nitrogens with two attached hydrogens (primary N) is 1. The molecule has 2 aromatic rings. The van der Waals surface area contributed by atoms with Crippen molar-refractivity contribution in [3.63, 3.8) is 0 Å². The Morgan fingerprint density at radius 2 is 2.09 bits per heavy atom. The average Bonchev–Trinajstić information content (AvgIpc) is 2.82. The number of hydrogen-bond donors (Lipinski definition) is 1. The van der Waals surface area contributed by atoms with Gasteiger partial charge in [0.25, 0.3) is 5.91 Å². The van der Waals surface area contributed by atoms with Gasteiger partial charge in [-0.15, -0.1) is 0 Å². The van der Waals surface area contributed by atoms with Gasteiger partial charge in [-0.3, -0.25) is 4.79 Å². The predicted molar refractivity (Wildman–Crippen MR) is 89.8 cm³/mol. The summed E-state index contributed by atoms with van der Waals surface area (Å²) in [6.45, 7) is 5.61. The van der Waals surface area contributed by atoms with Crippen molar-refractivity contribution >= 4 is 22.5 Å². The molecule has 4 heteroatoms. The molecule has 0 atom stereocenters. The van der Waals surface area contributed by atoms with Crippen molar-refractivity contribution in [1.82, 2.24) is 9.88 Å². The summed E-state index contributed by atoms with van der Waals surface area (Å²) in [5.41, 5.74) is 10.6. The second-order valence-corrected chi connectivity index (χ2v) is 5.99. The van der Waals surface area contributed by atoms with Crippen LogP contribution in [0.3, 0.4) is 0 Å². The van der Waals surface area contributed by atoms with E-state index in [2.05, 4.69) is 19.9 Å². The van der Waals surface area contributed by atoms with E-state index in [0.29, 0.717) is 17.8 Å². The molecule has 1 aromatic carbocycles. The molecule has 1 aliphatic heterocycles. The summed E-state index contributed by atoms with van der Waals surface area (Å²) < 4.78 is 0. The van der Waals surface area contributed by atoms with Crippen LogP contribution >= 0.6 is 0 Å². The summed E-state index contributed by atoms with van der Waals surface area (Å²) in [7, 11) is 0. The number of nitrogens with zero attached hydrogens (tertiary/aromatic N) is 2. The van der Waals surface area contributed by atoms with Crippen molar-refractivity contribution in [2.75, 3.05) is 12.3 Å². The first-order chi connectivity index (χ1) is 10.7. The van der Waals surface area contributed by atoms with Crippen molar-refractivity contribution in [1.29, 1.82) is 0 Å². The zero-order valence-electron chi connectivity index (χ0n) is 13.4. The van der Waals surface area contributed by atoms with Gasteiger partial charge in [0.05, 0.1) is 29.0 Å². The lowest BCUT2D eigenvalue weighted by molar-refractivity contribution is 0.0779. The SMILES string of the molecule is CCCCc1cccc2c(N)c3c(nc12)CN(CCC)C3=O. The quantitative estimate of drug-likeness (QED) is 0.918. The van der Waals surface area contributed by atoms with Crippen LogP contribution in [-0.4, -0.2) is 22.3 Å². The minimum atomic E-state index is 0.0303. The van der Waals surface area contributed by atoms with Crippen LogP contribution in [0.15, 0.2) is 18.2 Å². The third-order valence-corrected chi connectivity index (χ3v) is 4.35. The Morgan fingerprint density at radius 1 is 1.27 bits per heavy atom. The number of carbonyl (C=O) groups excluding carboxylic acids is 1. The molecule has 0 radical (unpaired) electrons. The second-order valence-electron chi connectivity index (χ2n) is 5.99. The number of carbonyl (C=O) groups is 1. The van der Waals surface area contributed by atoms with Crippen LogP contribution < -0.4 is 5.73 Å². The van der Waals surface area contributed by atoms with Crippen LogP contribution in [0.1, 0.15) is 54.7 Å². The molecule has 4 nitrogen and oxygen atoms in total. The molecule has 2 N–H and O–H groups in total. The number of aromatic nitrogens is 1. The number of benzene rings is 1. The summed E-state index contributed by atoms with van der Waals surface area (Å²) >= 11 is 0. The topological polar surface area (TPSA) is 59.2 Å². The average molecular weight is 297 g/mol. The second kappa shape index (κ2) is 5.95. The molecule has 0 fully saturated rings. The standard InChI is InChI=1S/C18H23N3O/c1-3-5-7-12-8-6-9-13-16(19)15-14(20-17(12)13)11-21(10-4-2)18(15)22/h6,8-9H,3-5,7,10-11H2,1-2H3,(H2,19,20). The summed E-state index contributed by atoms with van der Waals surface area (Å²) in [5.74, 6) is 0.0303. The Morgan fingerprint density at radius 3 is 2.82 bits per heavy atom. The van der Waals surface area contributed by atoms with Gasteiger partial charge in [-0.05, 0) is 24.8 Å². The molecule has 116 valence electrons. The first-order valence-corrected chi connectivity index (χ1v) is 8.16. The maximum atomic E-state index is 12.5. The zero-order valence-corrected chi connectivity index (χ0v) is 13.4. The van der Waals surface area contributed by atoms with Gasteiger partial charge in [0.15, 0.2) is 0 Å². The molecule has 0 spiro atoms. The maximum Gasteiger partial charge on any atom is 0.258 e. The molecular weight excluding hydrogens is 274 g/mol. The molecule has 1 aliphatic rings. The maximum absolute atomic E-state index is 12.5. The van der Waals surface area contributed by atoms with Crippen molar-refractivity contribution in [3.05, 3.63) is 35.0 Å². The Kier molecular flexibility index (Phi) is 4.01. The molecule has 22 heavy (non-hydrogen) atoms. The number of nitrogen functional groups attached to an aromatic ring is 1. The Balaban J connectivity index is 2.12. The van der Waals surface area contributed by atoms with Crippen LogP contribution in [0.5, 0.6) is 0 Å². The van der Waals surface area contributed by atoms with Crippen molar-refractivity contribution < 1.29 is 4.79 Å². The molecule has 0 unspecified atom stereocenters. The highest BCUT2D eigenvalue weighted by atomic mass is 16.2. The Hall–Kier alpha value is -2.10. The minimum Gasteiger partial charge on any atom is -0.397 e. The lowest BCUT2D eigenvalue weighted by atomic mass is 10.0. The summed E-state index contributed by atoms with van der Waals surface area (Å²) in [4.78, 5) is 19.2. The van der Waals surface area contributed by atoms with Gasteiger partial charge in [0, 0.05) is 11.9 Å². The van der Waals surface area contributed by atoms with Gasteiger partial charge >= 0.3 is 0 Å². The molecule has 3 rings (SSSR count). The number of amides is 1. The van der Waals surface area contributed by atoms with Gasteiger partial charge in [-0.2, -0.15) is 0 Å². The first kappa shape index (κ1) is 14.8. The van der Waals surface area contributed by atoms with Crippen LogP contribution in [0, 0.1) is 0 Å². The third-order valence-electron chi connectivity index (χ3n) is 4.35. The van der Waals surface area contributed by atoms with E-state index in [1.54, 1.807) is 0 Å². The first-order valence-electron chi connectivity index (χ1n) is 8.16. The van der Waals surface area contributed by atoms with E-state index in [9.17, 15) is 4.79 Å². The van der Waals surface area contributed by atoms with Gasteiger partial charge < -0.3 is 10.6 Å². The van der Waals surface area contributed by atoms with E-state index in [0.717, 1.165) is 48.8 Å². The number of rotatable bonds is 5. The Bertz CT molecular complexity index is 724. The van der Waals surface area contributed by atoms with E-state index in [1.807, 2.05) is 17.0 Å². The number of pyridine rings is 1. The molecule has 0 aliphatic carbocycles. The number of para-hydroxylation sites is 1. The van der Waals surface area contributed by atoms with Gasteiger partial charge in [0.1, 0.15) is 0 Å². The minimum absolute atomic E-state index is 0.0303. The van der Waals surface area contributed by atoms with Gasteiger partial charge in [-0.25, -0.2) is 4.98 Å². The number of hydrogen-bond acceptors (Lipinski definition) is 3.